The third-order valence-corrected chi connectivity index (χ3v) is 7.06. The highest BCUT2D eigenvalue weighted by Gasteiger charge is 2.14. The summed E-state index contributed by atoms with van der Waals surface area (Å²) in [5, 5.41) is 4.38. The predicted octanol–water partition coefficient (Wildman–Crippen LogP) is 3.34. The second kappa shape index (κ2) is 8.85. The van der Waals surface area contributed by atoms with Gasteiger partial charge < -0.3 is 5.32 Å². The van der Waals surface area contributed by atoms with Crippen LogP contribution in [0.15, 0.2) is 17.1 Å². The first-order valence-corrected chi connectivity index (χ1v) is 10.8. The van der Waals surface area contributed by atoms with Crippen LogP contribution in [0.5, 0.6) is 0 Å². The highest BCUT2D eigenvalue weighted by Crippen LogP contribution is 2.28. The lowest BCUT2D eigenvalue weighted by Gasteiger charge is -2.20. The molecule has 1 N–H and O–H groups in total. The zero-order valence-electron chi connectivity index (χ0n) is 14.6. The molecule has 136 valence electrons. The third kappa shape index (κ3) is 4.85. The van der Waals surface area contributed by atoms with Crippen molar-refractivity contribution in [2.75, 3.05) is 12.3 Å². The van der Waals surface area contributed by atoms with E-state index in [2.05, 4.69) is 10.3 Å². The standard InChI is InChI=1S/C18H25N3O2S2/c1-13-8-10-20-17-16(13)18(23)21(25-17)12-15(22)19-9-5-11-24-14-6-3-2-4-7-14/h8,10,14H,2-7,9,11-12H2,1H3,(H,19,22). The molecule has 1 aliphatic rings. The minimum Gasteiger partial charge on any atom is -0.354 e. The molecule has 0 atom stereocenters. The van der Waals surface area contributed by atoms with E-state index in [4.69, 9.17) is 0 Å². The summed E-state index contributed by atoms with van der Waals surface area (Å²) in [4.78, 5) is 29.4. The summed E-state index contributed by atoms with van der Waals surface area (Å²) >= 11 is 3.30. The average molecular weight is 380 g/mol. The third-order valence-electron chi connectivity index (χ3n) is 4.60. The highest BCUT2D eigenvalue weighted by atomic mass is 32.2. The number of carbonyl (C=O) groups excluding carboxylic acids is 1. The number of aromatic nitrogens is 2. The monoisotopic (exact) mass is 379 g/mol. The largest absolute Gasteiger partial charge is 0.354 e. The maximum absolute atomic E-state index is 12.4. The maximum atomic E-state index is 12.4. The molecule has 7 heteroatoms. The smallest absolute Gasteiger partial charge is 0.270 e. The first-order chi connectivity index (χ1) is 12.1. The van der Waals surface area contributed by atoms with E-state index in [1.54, 1.807) is 6.20 Å². The highest BCUT2D eigenvalue weighted by molar-refractivity contribution is 7.99. The van der Waals surface area contributed by atoms with Crippen LogP contribution < -0.4 is 10.9 Å². The number of carbonyl (C=O) groups is 1. The summed E-state index contributed by atoms with van der Waals surface area (Å²) < 4.78 is 1.50. The van der Waals surface area contributed by atoms with Gasteiger partial charge in [-0.2, -0.15) is 11.8 Å². The molecule has 0 bridgehead atoms. The molecule has 0 aliphatic heterocycles. The summed E-state index contributed by atoms with van der Waals surface area (Å²) in [6.45, 7) is 2.65. The Labute approximate surface area is 156 Å². The summed E-state index contributed by atoms with van der Waals surface area (Å²) in [6, 6.07) is 1.82. The first-order valence-electron chi connectivity index (χ1n) is 8.99. The minimum atomic E-state index is -0.117. The second-order valence-electron chi connectivity index (χ2n) is 6.58. The fourth-order valence-electron chi connectivity index (χ4n) is 3.21. The van der Waals surface area contributed by atoms with E-state index in [1.165, 1.54) is 47.6 Å². The Hall–Kier alpha value is -1.34. The zero-order valence-corrected chi connectivity index (χ0v) is 16.3. The molecule has 1 fully saturated rings. The fourth-order valence-corrected chi connectivity index (χ4v) is 5.53. The summed E-state index contributed by atoms with van der Waals surface area (Å²) in [5.41, 5.74) is 0.791. The molecular weight excluding hydrogens is 354 g/mol. The quantitative estimate of drug-likeness (QED) is 0.750. The Balaban J connectivity index is 1.43. The molecule has 1 amide bonds. The fraction of sp³-hybridized carbons (Fsp3) is 0.611. The minimum absolute atomic E-state index is 0.0784. The molecule has 5 nitrogen and oxygen atoms in total. The van der Waals surface area contributed by atoms with E-state index >= 15 is 0 Å². The van der Waals surface area contributed by atoms with Gasteiger partial charge in [-0.3, -0.25) is 13.5 Å². The second-order valence-corrected chi connectivity index (χ2v) is 8.99. The van der Waals surface area contributed by atoms with E-state index in [1.807, 2.05) is 24.8 Å². The van der Waals surface area contributed by atoms with E-state index < -0.39 is 0 Å². The van der Waals surface area contributed by atoms with Crippen molar-refractivity contribution in [1.29, 1.82) is 0 Å². The van der Waals surface area contributed by atoms with Gasteiger partial charge in [-0.25, -0.2) is 4.98 Å². The summed E-state index contributed by atoms with van der Waals surface area (Å²) in [6.07, 6.45) is 9.49. The zero-order chi connectivity index (χ0) is 17.6. The van der Waals surface area contributed by atoms with Gasteiger partial charge in [0.2, 0.25) is 5.91 Å². The van der Waals surface area contributed by atoms with E-state index in [9.17, 15) is 9.59 Å². The van der Waals surface area contributed by atoms with Gasteiger partial charge in [0.1, 0.15) is 11.4 Å². The van der Waals surface area contributed by atoms with Crippen LogP contribution in [0.2, 0.25) is 0 Å². The van der Waals surface area contributed by atoms with Crippen molar-refractivity contribution in [3.63, 3.8) is 0 Å². The number of nitrogens with one attached hydrogen (secondary N) is 1. The van der Waals surface area contributed by atoms with Crippen LogP contribution in [0.25, 0.3) is 10.2 Å². The van der Waals surface area contributed by atoms with Crippen molar-refractivity contribution in [2.45, 2.75) is 57.2 Å². The van der Waals surface area contributed by atoms with E-state index in [-0.39, 0.29) is 18.0 Å². The van der Waals surface area contributed by atoms with Crippen molar-refractivity contribution in [2.24, 2.45) is 0 Å². The SMILES string of the molecule is Cc1ccnc2sn(CC(=O)NCCCSC3CCCCC3)c(=O)c12. The molecule has 25 heavy (non-hydrogen) atoms. The lowest BCUT2D eigenvalue weighted by atomic mass is 10.0. The Morgan fingerprint density at radius 1 is 1.40 bits per heavy atom. The van der Waals surface area contributed by atoms with Gasteiger partial charge in [0.05, 0.1) is 5.39 Å². The first kappa shape index (κ1) is 18.5. The van der Waals surface area contributed by atoms with Crippen LogP contribution in [-0.4, -0.2) is 32.4 Å². The number of fused-ring (bicyclic) bond motifs is 1. The van der Waals surface area contributed by atoms with Crippen LogP contribution in [0.4, 0.5) is 0 Å². The van der Waals surface area contributed by atoms with Gasteiger partial charge in [-0.1, -0.05) is 19.3 Å². The number of hydrogen-bond donors (Lipinski definition) is 1. The number of hydrogen-bond acceptors (Lipinski definition) is 5. The summed E-state index contributed by atoms with van der Waals surface area (Å²) in [5.74, 6) is 0.991. The number of thioether (sulfide) groups is 1. The molecule has 3 rings (SSSR count). The van der Waals surface area contributed by atoms with Gasteiger partial charge in [-0.05, 0) is 55.1 Å². The van der Waals surface area contributed by atoms with Crippen LogP contribution in [-0.2, 0) is 11.3 Å². The van der Waals surface area contributed by atoms with Crippen molar-refractivity contribution in [1.82, 2.24) is 14.3 Å². The van der Waals surface area contributed by atoms with Crippen molar-refractivity contribution in [3.05, 3.63) is 28.2 Å². The van der Waals surface area contributed by atoms with Gasteiger partial charge in [0, 0.05) is 18.0 Å². The lowest BCUT2D eigenvalue weighted by Crippen LogP contribution is -2.31. The molecule has 0 unspecified atom stereocenters. The van der Waals surface area contributed by atoms with Gasteiger partial charge in [-0.15, -0.1) is 0 Å². The van der Waals surface area contributed by atoms with Crippen LogP contribution in [0.3, 0.4) is 0 Å². The number of rotatable bonds is 7. The molecular formula is C18H25N3O2S2. The van der Waals surface area contributed by atoms with Gasteiger partial charge in [0.15, 0.2) is 0 Å². The molecule has 2 aromatic rings. The van der Waals surface area contributed by atoms with Crippen LogP contribution >= 0.6 is 23.3 Å². The molecule has 0 spiro atoms. The van der Waals surface area contributed by atoms with Crippen LogP contribution in [0, 0.1) is 6.92 Å². The molecule has 2 aromatic heterocycles. The number of pyridine rings is 1. The van der Waals surface area contributed by atoms with Crippen molar-refractivity contribution < 1.29 is 4.79 Å². The van der Waals surface area contributed by atoms with Gasteiger partial charge >= 0.3 is 0 Å². The molecule has 1 aliphatic carbocycles. The lowest BCUT2D eigenvalue weighted by molar-refractivity contribution is -0.121. The molecule has 2 heterocycles. The molecule has 0 saturated heterocycles. The molecule has 1 saturated carbocycles. The van der Waals surface area contributed by atoms with Gasteiger partial charge in [0.25, 0.3) is 5.56 Å². The van der Waals surface area contributed by atoms with Crippen LogP contribution in [0.1, 0.15) is 44.1 Å². The Bertz CT molecular complexity index is 778. The Kier molecular flexibility index (Phi) is 6.53. The van der Waals surface area contributed by atoms with Crippen molar-refractivity contribution >= 4 is 39.4 Å². The van der Waals surface area contributed by atoms with E-state index in [0.29, 0.717) is 16.8 Å². The Morgan fingerprint density at radius 3 is 2.96 bits per heavy atom. The topological polar surface area (TPSA) is 64.0 Å². The Morgan fingerprint density at radius 2 is 2.20 bits per heavy atom. The maximum Gasteiger partial charge on any atom is 0.270 e. The number of nitrogens with zero attached hydrogens (tertiary/aromatic N) is 2. The normalized spacial score (nSPS) is 15.6. The molecule has 0 aromatic carbocycles. The number of amides is 1. The number of aryl methyl sites for hydroxylation is 1. The average Bonchev–Trinajstić information content (AvgIpc) is 2.92. The molecule has 0 radical (unpaired) electrons. The summed E-state index contributed by atoms with van der Waals surface area (Å²) in [7, 11) is 0. The predicted molar refractivity (Wildman–Crippen MR) is 106 cm³/mol. The van der Waals surface area contributed by atoms with E-state index in [0.717, 1.165) is 23.0 Å². The van der Waals surface area contributed by atoms with Crippen molar-refractivity contribution in [3.8, 4) is 0 Å².